The first-order valence-corrected chi connectivity index (χ1v) is 6.81. The molecular formula is C14H15ClFN3. The van der Waals surface area contributed by atoms with Crippen LogP contribution >= 0.6 is 11.6 Å². The zero-order valence-corrected chi connectivity index (χ0v) is 11.4. The molecular weight excluding hydrogens is 265 g/mol. The average molecular weight is 280 g/mol. The lowest BCUT2D eigenvalue weighted by atomic mass is 10.1. The summed E-state index contributed by atoms with van der Waals surface area (Å²) in [6.45, 7) is 2.76. The average Bonchev–Trinajstić information content (AvgIpc) is 3.18. The number of rotatable bonds is 3. The van der Waals surface area contributed by atoms with Gasteiger partial charge in [-0.1, -0.05) is 17.7 Å². The van der Waals surface area contributed by atoms with Gasteiger partial charge in [-0.3, -0.25) is 0 Å². The van der Waals surface area contributed by atoms with E-state index in [1.54, 1.807) is 12.1 Å². The minimum absolute atomic E-state index is 0.0934. The van der Waals surface area contributed by atoms with Crippen LogP contribution in [0.4, 0.5) is 10.2 Å². The number of halogens is 2. The Labute approximate surface area is 116 Å². The van der Waals surface area contributed by atoms with E-state index < -0.39 is 5.82 Å². The summed E-state index contributed by atoms with van der Waals surface area (Å²) in [5.41, 5.74) is 7.00. The molecule has 1 fully saturated rings. The molecule has 0 bridgehead atoms. The molecule has 19 heavy (non-hydrogen) atoms. The fourth-order valence-electron chi connectivity index (χ4n) is 2.35. The maximum absolute atomic E-state index is 14.1. The highest BCUT2D eigenvalue weighted by molar-refractivity contribution is 6.31. The van der Waals surface area contributed by atoms with Crippen molar-refractivity contribution >= 4 is 17.4 Å². The molecule has 0 aliphatic heterocycles. The Morgan fingerprint density at radius 1 is 1.47 bits per heavy atom. The van der Waals surface area contributed by atoms with Gasteiger partial charge in [0, 0.05) is 18.0 Å². The fourth-order valence-corrected chi connectivity index (χ4v) is 2.53. The number of nitrogens with zero attached hydrogens (tertiary/aromatic N) is 2. The molecule has 100 valence electrons. The molecule has 0 saturated heterocycles. The molecule has 1 aromatic carbocycles. The van der Waals surface area contributed by atoms with Gasteiger partial charge in [0.25, 0.3) is 0 Å². The molecule has 1 saturated carbocycles. The molecule has 0 amide bonds. The first-order chi connectivity index (χ1) is 9.13. The molecule has 3 rings (SSSR count). The van der Waals surface area contributed by atoms with Crippen molar-refractivity contribution in [2.24, 2.45) is 0 Å². The van der Waals surface area contributed by atoms with Crippen molar-refractivity contribution in [1.82, 2.24) is 9.55 Å². The minimum Gasteiger partial charge on any atom is -0.383 e. The summed E-state index contributed by atoms with van der Waals surface area (Å²) in [5.74, 6) is 1.50. The van der Waals surface area contributed by atoms with E-state index >= 15 is 0 Å². The Balaban J connectivity index is 2.17. The van der Waals surface area contributed by atoms with Crippen molar-refractivity contribution in [2.75, 3.05) is 5.73 Å². The SMILES string of the molecule is CCn1c(C2CC2)nc(-c2cccc(Cl)c2F)c1N. The first-order valence-electron chi connectivity index (χ1n) is 6.43. The second-order valence-corrected chi connectivity index (χ2v) is 5.23. The quantitative estimate of drug-likeness (QED) is 0.928. The Morgan fingerprint density at radius 3 is 2.84 bits per heavy atom. The van der Waals surface area contributed by atoms with Gasteiger partial charge in [-0.25, -0.2) is 9.37 Å². The molecule has 0 atom stereocenters. The van der Waals surface area contributed by atoms with Crippen LogP contribution in [0.1, 0.15) is 31.5 Å². The summed E-state index contributed by atoms with van der Waals surface area (Å²) in [6, 6.07) is 4.90. The first kappa shape index (κ1) is 12.5. The lowest BCUT2D eigenvalue weighted by molar-refractivity contribution is 0.631. The van der Waals surface area contributed by atoms with E-state index in [0.29, 0.717) is 23.0 Å². The summed E-state index contributed by atoms with van der Waals surface area (Å²) in [7, 11) is 0. The number of benzene rings is 1. The van der Waals surface area contributed by atoms with E-state index in [1.165, 1.54) is 6.07 Å². The number of hydrogen-bond acceptors (Lipinski definition) is 2. The molecule has 3 nitrogen and oxygen atoms in total. The number of aromatic nitrogens is 2. The topological polar surface area (TPSA) is 43.8 Å². The van der Waals surface area contributed by atoms with Gasteiger partial charge in [0.1, 0.15) is 17.3 Å². The van der Waals surface area contributed by atoms with Gasteiger partial charge in [-0.2, -0.15) is 0 Å². The van der Waals surface area contributed by atoms with Crippen LogP contribution in [0.5, 0.6) is 0 Å². The Morgan fingerprint density at radius 2 is 2.21 bits per heavy atom. The fraction of sp³-hybridized carbons (Fsp3) is 0.357. The van der Waals surface area contributed by atoms with Crippen molar-refractivity contribution in [3.63, 3.8) is 0 Å². The van der Waals surface area contributed by atoms with Crippen molar-refractivity contribution < 1.29 is 4.39 Å². The third kappa shape index (κ3) is 2.00. The summed E-state index contributed by atoms with van der Waals surface area (Å²) in [6.07, 6.45) is 2.27. The van der Waals surface area contributed by atoms with Gasteiger partial charge in [0.15, 0.2) is 5.82 Å². The van der Waals surface area contributed by atoms with Crippen LogP contribution in [0.15, 0.2) is 18.2 Å². The lowest BCUT2D eigenvalue weighted by Gasteiger charge is -2.06. The molecule has 1 aliphatic carbocycles. The molecule has 1 aromatic heterocycles. The van der Waals surface area contributed by atoms with Crippen LogP contribution in [0.2, 0.25) is 5.02 Å². The Hall–Kier alpha value is -1.55. The van der Waals surface area contributed by atoms with E-state index in [4.69, 9.17) is 17.3 Å². The number of hydrogen-bond donors (Lipinski definition) is 1. The molecule has 2 aromatic rings. The minimum atomic E-state index is -0.459. The maximum atomic E-state index is 14.1. The van der Waals surface area contributed by atoms with Gasteiger partial charge in [0.2, 0.25) is 0 Å². The van der Waals surface area contributed by atoms with Gasteiger partial charge >= 0.3 is 0 Å². The summed E-state index contributed by atoms with van der Waals surface area (Å²) in [5, 5.41) is 0.0934. The van der Waals surface area contributed by atoms with Gasteiger partial charge in [-0.05, 0) is 31.9 Å². The highest BCUT2D eigenvalue weighted by Crippen LogP contribution is 2.42. The van der Waals surface area contributed by atoms with Crippen LogP contribution in [0.3, 0.4) is 0 Å². The smallest absolute Gasteiger partial charge is 0.151 e. The number of nitrogen functional groups attached to an aromatic ring is 1. The predicted molar refractivity (Wildman–Crippen MR) is 74.7 cm³/mol. The number of nitrogens with two attached hydrogens (primary N) is 1. The third-order valence-electron chi connectivity index (χ3n) is 3.50. The standard InChI is InChI=1S/C14H15ClFN3/c1-2-19-13(17)12(18-14(19)8-6-7-8)9-4-3-5-10(15)11(9)16/h3-5,8H,2,6-7,17H2,1H3. The molecule has 0 unspecified atom stereocenters. The molecule has 5 heteroatoms. The molecule has 1 aliphatic rings. The second kappa shape index (κ2) is 4.53. The zero-order chi connectivity index (χ0) is 13.6. The van der Waals surface area contributed by atoms with Gasteiger partial charge in [-0.15, -0.1) is 0 Å². The van der Waals surface area contributed by atoms with Crippen molar-refractivity contribution in [2.45, 2.75) is 32.2 Å². The molecule has 1 heterocycles. The second-order valence-electron chi connectivity index (χ2n) is 4.82. The maximum Gasteiger partial charge on any atom is 0.151 e. The molecule has 0 spiro atoms. The van der Waals surface area contributed by atoms with E-state index in [9.17, 15) is 4.39 Å². The monoisotopic (exact) mass is 279 g/mol. The van der Waals surface area contributed by atoms with Crippen molar-refractivity contribution in [3.8, 4) is 11.3 Å². The highest BCUT2D eigenvalue weighted by atomic mass is 35.5. The van der Waals surface area contributed by atoms with Crippen LogP contribution in [0.25, 0.3) is 11.3 Å². The summed E-state index contributed by atoms with van der Waals surface area (Å²) in [4.78, 5) is 4.55. The summed E-state index contributed by atoms with van der Waals surface area (Å²) >= 11 is 5.82. The zero-order valence-electron chi connectivity index (χ0n) is 10.7. The van der Waals surface area contributed by atoms with E-state index in [-0.39, 0.29) is 5.02 Å². The molecule has 0 radical (unpaired) electrons. The largest absolute Gasteiger partial charge is 0.383 e. The van der Waals surface area contributed by atoms with Crippen LogP contribution in [-0.4, -0.2) is 9.55 Å². The lowest BCUT2D eigenvalue weighted by Crippen LogP contribution is -2.04. The van der Waals surface area contributed by atoms with Crippen LogP contribution in [0, 0.1) is 5.82 Å². The van der Waals surface area contributed by atoms with Gasteiger partial charge in [0.05, 0.1) is 5.02 Å². The predicted octanol–water partition coefficient (Wildman–Crippen LogP) is 3.82. The third-order valence-corrected chi connectivity index (χ3v) is 3.79. The Bertz CT molecular complexity index is 632. The van der Waals surface area contributed by atoms with E-state index in [0.717, 1.165) is 25.2 Å². The van der Waals surface area contributed by atoms with Crippen LogP contribution < -0.4 is 5.73 Å². The number of imidazole rings is 1. The van der Waals surface area contributed by atoms with Gasteiger partial charge < -0.3 is 10.3 Å². The number of anilines is 1. The van der Waals surface area contributed by atoms with Crippen molar-refractivity contribution in [1.29, 1.82) is 0 Å². The summed E-state index contributed by atoms with van der Waals surface area (Å²) < 4.78 is 16.1. The van der Waals surface area contributed by atoms with Crippen LogP contribution in [-0.2, 0) is 6.54 Å². The van der Waals surface area contributed by atoms with E-state index in [2.05, 4.69) is 4.98 Å². The Kier molecular flexibility index (Phi) is 2.97. The molecule has 2 N–H and O–H groups in total. The van der Waals surface area contributed by atoms with E-state index in [1.807, 2.05) is 11.5 Å². The van der Waals surface area contributed by atoms with Crippen molar-refractivity contribution in [3.05, 3.63) is 34.9 Å². The highest BCUT2D eigenvalue weighted by Gasteiger charge is 2.31. The normalized spacial score (nSPS) is 14.9.